The first kappa shape index (κ1) is 15.1. The molecule has 110 valence electrons. The van der Waals surface area contributed by atoms with Crippen molar-refractivity contribution in [3.8, 4) is 5.75 Å². The molecule has 0 radical (unpaired) electrons. The predicted molar refractivity (Wildman–Crippen MR) is 84.2 cm³/mol. The number of ether oxygens (including phenoxy) is 1. The lowest BCUT2D eigenvalue weighted by molar-refractivity contribution is -0.127. The second kappa shape index (κ2) is 7.48. The fourth-order valence-corrected chi connectivity index (χ4v) is 2.09. The number of nitrogens with zero attached hydrogens (tertiary/aromatic N) is 1. The molecular weight excluding hydrogens is 262 g/mol. The van der Waals surface area contributed by atoms with Gasteiger partial charge in [0.1, 0.15) is 11.9 Å². The van der Waals surface area contributed by atoms with E-state index in [0.717, 1.165) is 17.7 Å². The number of benzene rings is 2. The third kappa shape index (κ3) is 4.63. The van der Waals surface area contributed by atoms with E-state index in [0.29, 0.717) is 6.54 Å². The average molecular weight is 283 g/mol. The van der Waals surface area contributed by atoms with Crippen molar-refractivity contribution in [1.29, 1.82) is 0 Å². The van der Waals surface area contributed by atoms with Crippen LogP contribution in [0.25, 0.3) is 0 Å². The highest BCUT2D eigenvalue weighted by Crippen LogP contribution is 2.24. The Morgan fingerprint density at radius 2 is 1.62 bits per heavy atom. The molecule has 0 aromatic heterocycles. The van der Waals surface area contributed by atoms with E-state index in [2.05, 4.69) is 12.1 Å². The zero-order valence-corrected chi connectivity index (χ0v) is 12.5. The van der Waals surface area contributed by atoms with Crippen LogP contribution in [0, 0.1) is 0 Å². The molecule has 0 saturated carbocycles. The van der Waals surface area contributed by atoms with Gasteiger partial charge in [-0.15, -0.1) is 0 Å². The highest BCUT2D eigenvalue weighted by molar-refractivity contribution is 5.72. The Balaban J connectivity index is 2.09. The van der Waals surface area contributed by atoms with Crippen molar-refractivity contribution in [3.05, 3.63) is 66.2 Å². The summed E-state index contributed by atoms with van der Waals surface area (Å²) in [6.07, 6.45) is 0.699. The Bertz CT molecular complexity index is 554. The van der Waals surface area contributed by atoms with Gasteiger partial charge < -0.3 is 9.64 Å². The molecule has 0 spiro atoms. The van der Waals surface area contributed by atoms with Crippen LogP contribution in [0.1, 0.15) is 25.0 Å². The van der Waals surface area contributed by atoms with Crippen molar-refractivity contribution < 1.29 is 9.53 Å². The molecule has 0 aliphatic heterocycles. The first-order valence-corrected chi connectivity index (χ1v) is 7.15. The van der Waals surface area contributed by atoms with Crippen LogP contribution >= 0.6 is 0 Å². The Morgan fingerprint density at radius 1 is 1.05 bits per heavy atom. The number of amides is 1. The summed E-state index contributed by atoms with van der Waals surface area (Å²) >= 11 is 0. The van der Waals surface area contributed by atoms with E-state index < -0.39 is 0 Å². The molecule has 2 rings (SSSR count). The molecule has 0 unspecified atom stereocenters. The molecule has 1 atom stereocenters. The standard InChI is InChI=1S/C18H21NO2/c1-15(20)19(2)14-13-18(16-9-5-3-6-10-16)21-17-11-7-4-8-12-17/h3-12,18H,13-14H2,1-2H3/t18-/m1/s1. The number of carbonyl (C=O) groups excluding carboxylic acids is 1. The van der Waals surface area contributed by atoms with Gasteiger partial charge in [0.05, 0.1) is 0 Å². The molecule has 0 N–H and O–H groups in total. The quantitative estimate of drug-likeness (QED) is 0.809. The first-order valence-electron chi connectivity index (χ1n) is 7.15. The summed E-state index contributed by atoms with van der Waals surface area (Å²) in [7, 11) is 1.81. The molecule has 0 aliphatic rings. The van der Waals surface area contributed by atoms with Gasteiger partial charge in [0.15, 0.2) is 0 Å². The van der Waals surface area contributed by atoms with E-state index in [9.17, 15) is 4.79 Å². The van der Waals surface area contributed by atoms with Gasteiger partial charge in [0.25, 0.3) is 0 Å². The fourth-order valence-electron chi connectivity index (χ4n) is 2.09. The van der Waals surface area contributed by atoms with Crippen LogP contribution in [0.5, 0.6) is 5.75 Å². The van der Waals surface area contributed by atoms with Crippen molar-refractivity contribution in [1.82, 2.24) is 4.90 Å². The minimum Gasteiger partial charge on any atom is -0.486 e. The fraction of sp³-hybridized carbons (Fsp3) is 0.278. The Kier molecular flexibility index (Phi) is 5.38. The van der Waals surface area contributed by atoms with Crippen LogP contribution < -0.4 is 4.74 Å². The summed E-state index contributed by atoms with van der Waals surface area (Å²) < 4.78 is 6.09. The van der Waals surface area contributed by atoms with Gasteiger partial charge in [-0.25, -0.2) is 0 Å². The molecule has 3 nitrogen and oxygen atoms in total. The first-order chi connectivity index (χ1) is 10.2. The van der Waals surface area contributed by atoms with Crippen LogP contribution in [0.2, 0.25) is 0 Å². The summed E-state index contributed by atoms with van der Waals surface area (Å²) in [6.45, 7) is 2.25. The number of hydrogen-bond donors (Lipinski definition) is 0. The van der Waals surface area contributed by atoms with Crippen molar-refractivity contribution in [2.45, 2.75) is 19.4 Å². The Hall–Kier alpha value is -2.29. The maximum Gasteiger partial charge on any atom is 0.219 e. The number of rotatable bonds is 6. The highest BCUT2D eigenvalue weighted by atomic mass is 16.5. The van der Waals surface area contributed by atoms with E-state index in [-0.39, 0.29) is 12.0 Å². The normalized spacial score (nSPS) is 11.7. The molecule has 0 aliphatic carbocycles. The molecule has 2 aromatic rings. The molecular formula is C18H21NO2. The molecule has 21 heavy (non-hydrogen) atoms. The van der Waals surface area contributed by atoms with E-state index in [4.69, 9.17) is 4.74 Å². The number of para-hydroxylation sites is 1. The molecule has 0 heterocycles. The van der Waals surface area contributed by atoms with E-state index >= 15 is 0 Å². The Morgan fingerprint density at radius 3 is 2.19 bits per heavy atom. The minimum absolute atomic E-state index is 0.0598. The van der Waals surface area contributed by atoms with Crippen molar-refractivity contribution in [2.75, 3.05) is 13.6 Å². The summed E-state index contributed by atoms with van der Waals surface area (Å²) in [6, 6.07) is 19.9. The topological polar surface area (TPSA) is 29.5 Å². The van der Waals surface area contributed by atoms with Crippen molar-refractivity contribution >= 4 is 5.91 Å². The van der Waals surface area contributed by atoms with Gasteiger partial charge in [0.2, 0.25) is 5.91 Å². The largest absolute Gasteiger partial charge is 0.486 e. The number of hydrogen-bond acceptors (Lipinski definition) is 2. The van der Waals surface area contributed by atoms with Gasteiger partial charge >= 0.3 is 0 Å². The van der Waals surface area contributed by atoms with Gasteiger partial charge in [-0.1, -0.05) is 48.5 Å². The smallest absolute Gasteiger partial charge is 0.219 e. The minimum atomic E-state index is -0.0598. The lowest BCUT2D eigenvalue weighted by Gasteiger charge is -2.22. The van der Waals surface area contributed by atoms with Gasteiger partial charge in [-0.05, 0) is 17.7 Å². The lowest BCUT2D eigenvalue weighted by atomic mass is 10.1. The SMILES string of the molecule is CC(=O)N(C)CC[C@@H](Oc1ccccc1)c1ccccc1. The molecule has 1 amide bonds. The molecule has 0 saturated heterocycles. The summed E-state index contributed by atoms with van der Waals surface area (Å²) in [5.41, 5.74) is 1.12. The van der Waals surface area contributed by atoms with Crippen LogP contribution in [0.15, 0.2) is 60.7 Å². The maximum absolute atomic E-state index is 11.3. The second-order valence-corrected chi connectivity index (χ2v) is 5.06. The van der Waals surface area contributed by atoms with Gasteiger partial charge in [0, 0.05) is 26.9 Å². The van der Waals surface area contributed by atoms with Crippen LogP contribution in [-0.4, -0.2) is 24.4 Å². The average Bonchev–Trinajstić information content (AvgIpc) is 2.52. The summed E-state index contributed by atoms with van der Waals surface area (Å²) in [5.74, 6) is 0.915. The molecule has 2 aromatic carbocycles. The molecule has 3 heteroatoms. The zero-order chi connectivity index (χ0) is 15.1. The van der Waals surface area contributed by atoms with Crippen molar-refractivity contribution in [3.63, 3.8) is 0 Å². The second-order valence-electron chi connectivity index (χ2n) is 5.06. The highest BCUT2D eigenvalue weighted by Gasteiger charge is 2.15. The van der Waals surface area contributed by atoms with Gasteiger partial charge in [-0.2, -0.15) is 0 Å². The summed E-state index contributed by atoms with van der Waals surface area (Å²) in [5, 5.41) is 0. The third-order valence-corrected chi connectivity index (χ3v) is 3.46. The third-order valence-electron chi connectivity index (χ3n) is 3.46. The monoisotopic (exact) mass is 283 g/mol. The van der Waals surface area contributed by atoms with E-state index in [1.165, 1.54) is 0 Å². The lowest BCUT2D eigenvalue weighted by Crippen LogP contribution is -2.27. The van der Waals surface area contributed by atoms with Crippen LogP contribution in [0.4, 0.5) is 0 Å². The Labute approximate surface area is 126 Å². The zero-order valence-electron chi connectivity index (χ0n) is 12.5. The van der Waals surface area contributed by atoms with E-state index in [1.54, 1.807) is 11.8 Å². The predicted octanol–water partition coefficient (Wildman–Crippen LogP) is 3.68. The van der Waals surface area contributed by atoms with E-state index in [1.807, 2.05) is 55.6 Å². The van der Waals surface area contributed by atoms with Crippen LogP contribution in [-0.2, 0) is 4.79 Å². The maximum atomic E-state index is 11.3. The van der Waals surface area contributed by atoms with Crippen LogP contribution in [0.3, 0.4) is 0 Å². The van der Waals surface area contributed by atoms with Crippen molar-refractivity contribution in [2.24, 2.45) is 0 Å². The number of carbonyl (C=O) groups is 1. The van der Waals surface area contributed by atoms with Gasteiger partial charge in [-0.3, -0.25) is 4.79 Å². The molecule has 0 bridgehead atoms. The molecule has 0 fully saturated rings. The summed E-state index contributed by atoms with van der Waals surface area (Å²) in [4.78, 5) is 13.0.